The molecular formula is C33H38ClN3O5. The Morgan fingerprint density at radius 1 is 1.05 bits per heavy atom. The Bertz CT molecular complexity index is 1420. The van der Waals surface area contributed by atoms with Crippen LogP contribution in [0.4, 0.5) is 10.5 Å². The number of carbonyl (C=O) groups is 3. The van der Waals surface area contributed by atoms with Gasteiger partial charge in [0, 0.05) is 12.5 Å². The monoisotopic (exact) mass is 591 g/mol. The lowest BCUT2D eigenvalue weighted by atomic mass is 9.99. The topological polar surface area (TPSA) is 108 Å². The second-order valence-corrected chi connectivity index (χ2v) is 12.2. The third kappa shape index (κ3) is 7.82. The smallest absolute Gasteiger partial charge is 0.408 e. The molecular weight excluding hydrogens is 554 g/mol. The molecule has 0 radical (unpaired) electrons. The van der Waals surface area contributed by atoms with Crippen molar-refractivity contribution < 1.29 is 24.2 Å². The van der Waals surface area contributed by atoms with Crippen LogP contribution in [0.5, 0.6) is 5.75 Å². The van der Waals surface area contributed by atoms with Gasteiger partial charge in [-0.25, -0.2) is 4.79 Å². The van der Waals surface area contributed by atoms with Crippen LogP contribution in [0.2, 0.25) is 5.02 Å². The maximum atomic E-state index is 14.6. The molecule has 1 saturated carbocycles. The standard InChI is InChI=1S/C33H38ClN3O5/c1-20-11-9-16-25(34)28(20)36-30(39)29(23-14-10-15-24(38)19-23)37(27-17-21(27)2)31(40)26(18-22-12-7-6-8-13-22)35-32(41)42-33(3,4)5/h6-16,19,21,26-27,29,38H,17-18H2,1-5H3,(H,35,41)(H,36,39). The summed E-state index contributed by atoms with van der Waals surface area (Å²) in [5.74, 6) is -0.830. The third-order valence-electron chi connectivity index (χ3n) is 7.13. The van der Waals surface area contributed by atoms with Crippen LogP contribution in [0.25, 0.3) is 0 Å². The van der Waals surface area contributed by atoms with Crippen LogP contribution in [0.3, 0.4) is 0 Å². The maximum absolute atomic E-state index is 14.6. The lowest BCUT2D eigenvalue weighted by Gasteiger charge is -2.35. The van der Waals surface area contributed by atoms with Crippen molar-refractivity contribution in [2.75, 3.05) is 5.32 Å². The zero-order valence-electron chi connectivity index (χ0n) is 24.6. The van der Waals surface area contributed by atoms with Crippen molar-refractivity contribution in [3.63, 3.8) is 0 Å². The Labute approximate surface area is 252 Å². The Kier molecular flexibility index (Phi) is 9.46. The van der Waals surface area contributed by atoms with Gasteiger partial charge in [0.1, 0.15) is 23.4 Å². The molecule has 3 amide bonds. The average molecular weight is 592 g/mol. The fourth-order valence-electron chi connectivity index (χ4n) is 4.97. The zero-order valence-corrected chi connectivity index (χ0v) is 25.3. The van der Waals surface area contributed by atoms with Crippen LogP contribution in [0, 0.1) is 12.8 Å². The molecule has 42 heavy (non-hydrogen) atoms. The lowest BCUT2D eigenvalue weighted by molar-refractivity contribution is -0.141. The van der Waals surface area contributed by atoms with E-state index in [2.05, 4.69) is 10.6 Å². The Balaban J connectivity index is 1.77. The van der Waals surface area contributed by atoms with Gasteiger partial charge in [0.25, 0.3) is 5.91 Å². The van der Waals surface area contributed by atoms with Crippen LogP contribution in [0.15, 0.2) is 72.8 Å². The molecule has 222 valence electrons. The molecule has 0 saturated heterocycles. The number of carbonyl (C=O) groups excluding carboxylic acids is 3. The number of nitrogens with zero attached hydrogens (tertiary/aromatic N) is 1. The molecule has 3 aromatic rings. The molecule has 0 heterocycles. The highest BCUT2D eigenvalue weighted by Gasteiger charge is 2.48. The number of anilines is 1. The maximum Gasteiger partial charge on any atom is 0.408 e. The van der Waals surface area contributed by atoms with E-state index in [4.69, 9.17) is 16.3 Å². The number of amides is 3. The summed E-state index contributed by atoms with van der Waals surface area (Å²) in [6, 6.07) is 18.6. The minimum atomic E-state index is -1.12. The summed E-state index contributed by atoms with van der Waals surface area (Å²) in [5, 5.41) is 16.4. The minimum Gasteiger partial charge on any atom is -0.508 e. The predicted octanol–water partition coefficient (Wildman–Crippen LogP) is 6.41. The highest BCUT2D eigenvalue weighted by molar-refractivity contribution is 6.34. The first-order valence-electron chi connectivity index (χ1n) is 14.0. The number of benzene rings is 3. The summed E-state index contributed by atoms with van der Waals surface area (Å²) in [6.45, 7) is 9.08. The number of hydrogen-bond acceptors (Lipinski definition) is 5. The molecule has 0 spiro atoms. The molecule has 4 unspecified atom stereocenters. The van der Waals surface area contributed by atoms with Gasteiger partial charge in [-0.15, -0.1) is 0 Å². The van der Waals surface area contributed by atoms with E-state index in [9.17, 15) is 19.5 Å². The van der Waals surface area contributed by atoms with Crippen molar-refractivity contribution in [1.82, 2.24) is 10.2 Å². The van der Waals surface area contributed by atoms with E-state index in [0.717, 1.165) is 11.1 Å². The molecule has 3 N–H and O–H groups in total. The fraction of sp³-hybridized carbons (Fsp3) is 0.364. The Morgan fingerprint density at radius 2 is 1.71 bits per heavy atom. The molecule has 3 aromatic carbocycles. The first kappa shape index (κ1) is 30.9. The first-order chi connectivity index (χ1) is 19.8. The van der Waals surface area contributed by atoms with Gasteiger partial charge in [-0.2, -0.15) is 0 Å². The highest BCUT2D eigenvalue weighted by atomic mass is 35.5. The summed E-state index contributed by atoms with van der Waals surface area (Å²) in [7, 11) is 0. The molecule has 8 nitrogen and oxygen atoms in total. The van der Waals surface area contributed by atoms with Crippen LogP contribution in [-0.2, 0) is 20.7 Å². The molecule has 9 heteroatoms. The van der Waals surface area contributed by atoms with E-state index in [1.165, 1.54) is 12.1 Å². The summed E-state index contributed by atoms with van der Waals surface area (Å²) in [4.78, 5) is 43.2. The minimum absolute atomic E-state index is 0.0387. The number of hydrogen-bond donors (Lipinski definition) is 3. The quantitative estimate of drug-likeness (QED) is 0.267. The number of rotatable bonds is 9. The molecule has 0 aliphatic heterocycles. The second-order valence-electron chi connectivity index (χ2n) is 11.8. The van der Waals surface area contributed by atoms with Crippen LogP contribution in [-0.4, -0.2) is 45.6 Å². The zero-order chi connectivity index (χ0) is 30.6. The second kappa shape index (κ2) is 12.9. The van der Waals surface area contributed by atoms with E-state index in [-0.39, 0.29) is 24.1 Å². The number of ether oxygens (including phenoxy) is 1. The fourth-order valence-corrected chi connectivity index (χ4v) is 5.24. The van der Waals surface area contributed by atoms with Gasteiger partial charge in [0.15, 0.2) is 0 Å². The molecule has 4 atom stereocenters. The number of phenols is 1. The molecule has 1 fully saturated rings. The van der Waals surface area contributed by atoms with Gasteiger partial charge in [-0.05, 0) is 74.9 Å². The number of phenolic OH excluding ortho intramolecular Hbond substituents is 1. The number of halogens is 1. The first-order valence-corrected chi connectivity index (χ1v) is 14.4. The summed E-state index contributed by atoms with van der Waals surface area (Å²) in [5.41, 5.74) is 1.70. The highest BCUT2D eigenvalue weighted by Crippen LogP contribution is 2.42. The molecule has 4 rings (SSSR count). The van der Waals surface area contributed by atoms with E-state index < -0.39 is 35.6 Å². The van der Waals surface area contributed by atoms with Crippen molar-refractivity contribution >= 4 is 35.2 Å². The van der Waals surface area contributed by atoms with Crippen LogP contribution in [0.1, 0.15) is 56.8 Å². The molecule has 1 aliphatic rings. The molecule has 0 bridgehead atoms. The molecule has 1 aliphatic carbocycles. The Hall–Kier alpha value is -4.04. The van der Waals surface area contributed by atoms with Gasteiger partial charge in [0.2, 0.25) is 5.91 Å². The van der Waals surface area contributed by atoms with Gasteiger partial charge in [0.05, 0.1) is 10.7 Å². The normalized spacial score (nSPS) is 17.5. The van der Waals surface area contributed by atoms with Gasteiger partial charge in [-0.3, -0.25) is 9.59 Å². The van der Waals surface area contributed by atoms with Crippen molar-refractivity contribution in [2.24, 2.45) is 5.92 Å². The van der Waals surface area contributed by atoms with Gasteiger partial charge < -0.3 is 25.4 Å². The van der Waals surface area contributed by atoms with E-state index in [1.54, 1.807) is 49.9 Å². The third-order valence-corrected chi connectivity index (χ3v) is 7.45. The van der Waals surface area contributed by atoms with Crippen LogP contribution < -0.4 is 10.6 Å². The van der Waals surface area contributed by atoms with Crippen molar-refractivity contribution in [3.8, 4) is 5.75 Å². The van der Waals surface area contributed by atoms with Crippen molar-refractivity contribution in [3.05, 3.63) is 94.5 Å². The number of nitrogens with one attached hydrogen (secondary N) is 2. The predicted molar refractivity (Wildman–Crippen MR) is 163 cm³/mol. The largest absolute Gasteiger partial charge is 0.508 e. The molecule has 0 aromatic heterocycles. The van der Waals surface area contributed by atoms with Gasteiger partial charge in [-0.1, -0.05) is 73.1 Å². The van der Waals surface area contributed by atoms with Gasteiger partial charge >= 0.3 is 6.09 Å². The van der Waals surface area contributed by atoms with Crippen LogP contribution >= 0.6 is 11.6 Å². The SMILES string of the molecule is Cc1cccc(Cl)c1NC(=O)C(c1cccc(O)c1)N(C(=O)C(Cc1ccccc1)NC(=O)OC(C)(C)C)C1CC1C. The Morgan fingerprint density at radius 3 is 2.31 bits per heavy atom. The number of alkyl carbamates (subject to hydrolysis) is 1. The van der Waals surface area contributed by atoms with E-state index in [0.29, 0.717) is 22.7 Å². The number of para-hydroxylation sites is 1. The van der Waals surface area contributed by atoms with Crippen molar-refractivity contribution in [2.45, 2.75) is 71.2 Å². The van der Waals surface area contributed by atoms with E-state index >= 15 is 0 Å². The van der Waals surface area contributed by atoms with E-state index in [1.807, 2.05) is 50.2 Å². The summed E-state index contributed by atoms with van der Waals surface area (Å²) in [6.07, 6.45) is 0.143. The van der Waals surface area contributed by atoms with Crippen molar-refractivity contribution in [1.29, 1.82) is 0 Å². The number of aromatic hydroxyl groups is 1. The average Bonchev–Trinajstić information content (AvgIpc) is 3.63. The lowest BCUT2D eigenvalue weighted by Crippen LogP contribution is -2.54. The number of aryl methyl sites for hydroxylation is 1. The summed E-state index contributed by atoms with van der Waals surface area (Å²) < 4.78 is 5.50. The summed E-state index contributed by atoms with van der Waals surface area (Å²) >= 11 is 6.44.